The molecule has 0 aromatic heterocycles. The van der Waals surface area contributed by atoms with Gasteiger partial charge in [0.05, 0.1) is 6.61 Å². The molecule has 10 nitrogen and oxygen atoms in total. The van der Waals surface area contributed by atoms with Crippen LogP contribution in [-0.2, 0) is 23.8 Å². The molecule has 0 aromatic rings. The molecule has 1 rings (SSSR count). The number of hydrogen-bond acceptors (Lipinski definition) is 8. The van der Waals surface area contributed by atoms with E-state index in [1.165, 1.54) is 0 Å². The SMILES string of the molecule is O=C(O)COC1[C@H](O)OC(CO)[C@@H](O)[C@H]1OCC(=O)O. The van der Waals surface area contributed by atoms with E-state index in [0.717, 1.165) is 0 Å². The summed E-state index contributed by atoms with van der Waals surface area (Å²) in [4.78, 5) is 20.9. The van der Waals surface area contributed by atoms with E-state index in [-0.39, 0.29) is 0 Å². The predicted octanol–water partition coefficient (Wildman–Crippen LogP) is -3.00. The molecule has 1 aliphatic rings. The van der Waals surface area contributed by atoms with Gasteiger partial charge in [-0.25, -0.2) is 9.59 Å². The minimum absolute atomic E-state index is 0.642. The molecule has 5 atom stereocenters. The van der Waals surface area contributed by atoms with Gasteiger partial charge in [0.15, 0.2) is 6.29 Å². The van der Waals surface area contributed by atoms with Crippen LogP contribution in [0.25, 0.3) is 0 Å². The molecular formula is C10H16O10. The highest BCUT2D eigenvalue weighted by atomic mass is 16.7. The van der Waals surface area contributed by atoms with Crippen molar-refractivity contribution in [2.45, 2.75) is 30.7 Å². The van der Waals surface area contributed by atoms with Gasteiger partial charge in [-0.05, 0) is 0 Å². The maximum Gasteiger partial charge on any atom is 0.329 e. The number of carboxylic acid groups (broad SMARTS) is 2. The molecule has 0 bridgehead atoms. The monoisotopic (exact) mass is 296 g/mol. The van der Waals surface area contributed by atoms with E-state index in [1.54, 1.807) is 0 Å². The van der Waals surface area contributed by atoms with Gasteiger partial charge in [-0.3, -0.25) is 0 Å². The fourth-order valence-corrected chi connectivity index (χ4v) is 1.76. The zero-order valence-electron chi connectivity index (χ0n) is 10.3. The summed E-state index contributed by atoms with van der Waals surface area (Å²) in [7, 11) is 0. The number of aliphatic carboxylic acids is 2. The standard InChI is InChI=1S/C10H16O10/c11-1-4-7(16)8(18-2-5(12)13)9(10(17)20-4)19-3-6(14)15/h4,7-11,16-17H,1-3H2,(H,12,13)(H,14,15)/t4?,7-,8-,9?,10-/m1/s1. The van der Waals surface area contributed by atoms with Gasteiger partial charge >= 0.3 is 11.9 Å². The molecule has 0 radical (unpaired) electrons. The van der Waals surface area contributed by atoms with Crippen LogP contribution in [0.3, 0.4) is 0 Å². The Morgan fingerprint density at radius 1 is 1.00 bits per heavy atom. The lowest BCUT2D eigenvalue weighted by molar-refractivity contribution is -0.302. The summed E-state index contributed by atoms with van der Waals surface area (Å²) < 4.78 is 14.6. The molecule has 5 N–H and O–H groups in total. The smallest absolute Gasteiger partial charge is 0.329 e. The van der Waals surface area contributed by atoms with Crippen molar-refractivity contribution in [3.8, 4) is 0 Å². The molecule has 1 heterocycles. The van der Waals surface area contributed by atoms with Gasteiger partial charge in [-0.15, -0.1) is 0 Å². The van der Waals surface area contributed by atoms with E-state index in [2.05, 4.69) is 0 Å². The lowest BCUT2D eigenvalue weighted by Gasteiger charge is -2.41. The van der Waals surface area contributed by atoms with Crippen LogP contribution in [0, 0.1) is 0 Å². The summed E-state index contributed by atoms with van der Waals surface area (Å²) >= 11 is 0. The molecule has 1 saturated heterocycles. The molecule has 10 heteroatoms. The van der Waals surface area contributed by atoms with E-state index in [9.17, 15) is 19.8 Å². The third-order valence-corrected chi connectivity index (χ3v) is 2.62. The van der Waals surface area contributed by atoms with Crippen LogP contribution >= 0.6 is 0 Å². The van der Waals surface area contributed by atoms with E-state index < -0.39 is 62.5 Å². The molecule has 116 valence electrons. The molecule has 1 fully saturated rings. The second-order valence-corrected chi connectivity index (χ2v) is 4.08. The minimum Gasteiger partial charge on any atom is -0.480 e. The second-order valence-electron chi connectivity index (χ2n) is 4.08. The first kappa shape index (κ1) is 16.8. The Balaban J connectivity index is 2.78. The van der Waals surface area contributed by atoms with E-state index in [0.29, 0.717) is 0 Å². The Bertz CT molecular complexity index is 345. The van der Waals surface area contributed by atoms with E-state index in [1.807, 2.05) is 0 Å². The lowest BCUT2D eigenvalue weighted by atomic mass is 9.99. The summed E-state index contributed by atoms with van der Waals surface area (Å²) in [5, 5.41) is 45.5. The van der Waals surface area contributed by atoms with Crippen LogP contribution in [0.1, 0.15) is 0 Å². The van der Waals surface area contributed by atoms with Gasteiger partial charge in [0.2, 0.25) is 0 Å². The van der Waals surface area contributed by atoms with Gasteiger partial charge in [-0.2, -0.15) is 0 Å². The fourth-order valence-electron chi connectivity index (χ4n) is 1.76. The van der Waals surface area contributed by atoms with Gasteiger partial charge in [0.25, 0.3) is 0 Å². The maximum atomic E-state index is 10.5. The highest BCUT2D eigenvalue weighted by Crippen LogP contribution is 2.24. The number of rotatable bonds is 7. The summed E-state index contributed by atoms with van der Waals surface area (Å²) in [6, 6.07) is 0. The van der Waals surface area contributed by atoms with Crippen molar-refractivity contribution in [3.05, 3.63) is 0 Å². The van der Waals surface area contributed by atoms with Crippen molar-refractivity contribution in [1.82, 2.24) is 0 Å². The van der Waals surface area contributed by atoms with Crippen molar-refractivity contribution in [2.75, 3.05) is 19.8 Å². The van der Waals surface area contributed by atoms with Crippen molar-refractivity contribution < 1.29 is 49.3 Å². The Morgan fingerprint density at radius 2 is 1.50 bits per heavy atom. The zero-order chi connectivity index (χ0) is 15.3. The van der Waals surface area contributed by atoms with Crippen LogP contribution in [0.15, 0.2) is 0 Å². The van der Waals surface area contributed by atoms with Crippen LogP contribution in [0.2, 0.25) is 0 Å². The molecule has 0 amide bonds. The fraction of sp³-hybridized carbons (Fsp3) is 0.800. The Kier molecular flexibility index (Phi) is 6.26. The van der Waals surface area contributed by atoms with Crippen molar-refractivity contribution in [3.63, 3.8) is 0 Å². The number of ether oxygens (including phenoxy) is 3. The Hall–Kier alpha value is -1.30. The number of aliphatic hydroxyl groups excluding tert-OH is 3. The molecule has 0 saturated carbocycles. The van der Waals surface area contributed by atoms with Crippen molar-refractivity contribution in [2.24, 2.45) is 0 Å². The predicted molar refractivity (Wildman–Crippen MR) is 58.7 cm³/mol. The number of hydrogen-bond donors (Lipinski definition) is 5. The minimum atomic E-state index is -1.67. The summed E-state index contributed by atoms with van der Waals surface area (Å²) in [6.07, 6.45) is -7.11. The maximum absolute atomic E-state index is 10.5. The van der Waals surface area contributed by atoms with Crippen LogP contribution < -0.4 is 0 Å². The Morgan fingerprint density at radius 3 is 1.95 bits per heavy atom. The van der Waals surface area contributed by atoms with E-state index in [4.69, 9.17) is 29.5 Å². The van der Waals surface area contributed by atoms with E-state index >= 15 is 0 Å². The molecule has 0 spiro atoms. The third-order valence-electron chi connectivity index (χ3n) is 2.62. The topological polar surface area (TPSA) is 163 Å². The first-order chi connectivity index (χ1) is 9.36. The molecule has 0 aromatic carbocycles. The third kappa shape index (κ3) is 4.37. The Labute approximate surface area is 113 Å². The van der Waals surface area contributed by atoms with Crippen LogP contribution in [-0.4, -0.2) is 88.0 Å². The molecule has 2 unspecified atom stereocenters. The van der Waals surface area contributed by atoms with Crippen molar-refractivity contribution >= 4 is 11.9 Å². The number of aliphatic hydroxyl groups is 3. The summed E-state index contributed by atoms with van der Waals surface area (Å²) in [5.41, 5.74) is 0. The summed E-state index contributed by atoms with van der Waals surface area (Å²) in [5.74, 6) is -2.65. The van der Waals surface area contributed by atoms with Gasteiger partial charge < -0.3 is 39.7 Å². The number of carboxylic acids is 2. The summed E-state index contributed by atoms with van der Waals surface area (Å²) in [6.45, 7) is -2.23. The largest absolute Gasteiger partial charge is 0.480 e. The average Bonchev–Trinajstić information content (AvgIpc) is 2.37. The molecule has 0 aliphatic carbocycles. The first-order valence-electron chi connectivity index (χ1n) is 5.66. The molecule has 1 aliphatic heterocycles. The van der Waals surface area contributed by atoms with Crippen LogP contribution in [0.5, 0.6) is 0 Å². The van der Waals surface area contributed by atoms with Gasteiger partial charge in [0, 0.05) is 0 Å². The number of carbonyl (C=O) groups is 2. The van der Waals surface area contributed by atoms with Crippen molar-refractivity contribution in [1.29, 1.82) is 0 Å². The highest BCUT2D eigenvalue weighted by molar-refractivity contribution is 5.68. The normalized spacial score (nSPS) is 33.9. The zero-order valence-corrected chi connectivity index (χ0v) is 10.3. The molecule has 20 heavy (non-hydrogen) atoms. The second kappa shape index (κ2) is 7.47. The quantitative estimate of drug-likeness (QED) is 0.327. The first-order valence-corrected chi connectivity index (χ1v) is 5.66. The average molecular weight is 296 g/mol. The van der Waals surface area contributed by atoms with Crippen LogP contribution in [0.4, 0.5) is 0 Å². The highest BCUT2D eigenvalue weighted by Gasteiger charge is 2.46. The van der Waals surface area contributed by atoms with Gasteiger partial charge in [-0.1, -0.05) is 0 Å². The molecular weight excluding hydrogens is 280 g/mol. The van der Waals surface area contributed by atoms with Gasteiger partial charge in [0.1, 0.15) is 37.6 Å². The lowest BCUT2D eigenvalue weighted by Crippen LogP contribution is -2.60.